The zero-order valence-corrected chi connectivity index (χ0v) is 13.4. The van der Waals surface area contributed by atoms with E-state index in [2.05, 4.69) is 5.32 Å². The molecule has 0 bridgehead atoms. The summed E-state index contributed by atoms with van der Waals surface area (Å²) in [6, 6.07) is 13.0. The van der Waals surface area contributed by atoms with Gasteiger partial charge < -0.3 is 5.32 Å². The van der Waals surface area contributed by atoms with Gasteiger partial charge in [0.05, 0.1) is 5.02 Å². The van der Waals surface area contributed by atoms with Crippen molar-refractivity contribution in [3.63, 3.8) is 0 Å². The van der Waals surface area contributed by atoms with Crippen molar-refractivity contribution in [2.75, 3.05) is 6.54 Å². The molecule has 1 atom stereocenters. The number of hydrogen-bond donors (Lipinski definition) is 1. The van der Waals surface area contributed by atoms with Gasteiger partial charge in [0.1, 0.15) is 5.82 Å². The molecule has 2 rings (SSSR count). The molecule has 2 aromatic carbocycles. The van der Waals surface area contributed by atoms with Gasteiger partial charge in [0.25, 0.3) is 0 Å². The predicted molar refractivity (Wildman–Crippen MR) is 87.7 cm³/mol. The standard InChI is InChI=1S/C17H18Cl2FN/c1-2-21-15(10-12-6-8-14(18)9-7-12)11-13-4-3-5-16(19)17(13)20/h3-9,15,21H,2,10-11H2,1H3. The Morgan fingerprint density at radius 2 is 1.76 bits per heavy atom. The van der Waals surface area contributed by atoms with Crippen LogP contribution in [0.25, 0.3) is 0 Å². The molecule has 0 aliphatic carbocycles. The topological polar surface area (TPSA) is 12.0 Å². The lowest BCUT2D eigenvalue weighted by Gasteiger charge is -2.19. The molecule has 21 heavy (non-hydrogen) atoms. The average molecular weight is 326 g/mol. The van der Waals surface area contributed by atoms with Crippen molar-refractivity contribution in [2.24, 2.45) is 0 Å². The summed E-state index contributed by atoms with van der Waals surface area (Å²) in [4.78, 5) is 0. The number of rotatable bonds is 6. The second kappa shape index (κ2) is 7.79. The van der Waals surface area contributed by atoms with Crippen molar-refractivity contribution in [1.29, 1.82) is 0 Å². The van der Waals surface area contributed by atoms with Crippen LogP contribution in [0.1, 0.15) is 18.1 Å². The third-order valence-corrected chi connectivity index (χ3v) is 3.93. The summed E-state index contributed by atoms with van der Waals surface area (Å²) < 4.78 is 14.0. The molecule has 1 nitrogen and oxygen atoms in total. The first-order valence-corrected chi connectivity index (χ1v) is 7.76. The monoisotopic (exact) mass is 325 g/mol. The minimum absolute atomic E-state index is 0.157. The van der Waals surface area contributed by atoms with E-state index in [1.165, 1.54) is 5.56 Å². The Labute approximate surface area is 135 Å². The lowest BCUT2D eigenvalue weighted by molar-refractivity contribution is 0.506. The van der Waals surface area contributed by atoms with Crippen LogP contribution >= 0.6 is 23.2 Å². The summed E-state index contributed by atoms with van der Waals surface area (Å²) in [5.41, 5.74) is 1.81. The number of hydrogen-bond acceptors (Lipinski definition) is 1. The molecule has 1 unspecified atom stereocenters. The lowest BCUT2D eigenvalue weighted by Crippen LogP contribution is -2.33. The van der Waals surface area contributed by atoms with Crippen LogP contribution in [0.4, 0.5) is 4.39 Å². The van der Waals surface area contributed by atoms with Gasteiger partial charge in [-0.1, -0.05) is 54.4 Å². The molecule has 0 saturated heterocycles. The molecule has 0 aliphatic heterocycles. The van der Waals surface area contributed by atoms with Gasteiger partial charge in [0.15, 0.2) is 0 Å². The first kappa shape index (κ1) is 16.3. The van der Waals surface area contributed by atoms with Crippen LogP contribution in [0, 0.1) is 5.82 Å². The van der Waals surface area contributed by atoms with E-state index >= 15 is 0 Å². The van der Waals surface area contributed by atoms with Gasteiger partial charge in [-0.05, 0) is 48.7 Å². The first-order valence-electron chi connectivity index (χ1n) is 7.01. The van der Waals surface area contributed by atoms with Crippen molar-refractivity contribution >= 4 is 23.2 Å². The highest BCUT2D eigenvalue weighted by Crippen LogP contribution is 2.20. The number of benzene rings is 2. The minimum Gasteiger partial charge on any atom is -0.314 e. The third-order valence-electron chi connectivity index (χ3n) is 3.39. The summed E-state index contributed by atoms with van der Waals surface area (Å²) in [5, 5.41) is 4.30. The average Bonchev–Trinajstić information content (AvgIpc) is 2.46. The maximum Gasteiger partial charge on any atom is 0.145 e. The molecule has 0 aliphatic rings. The fourth-order valence-electron chi connectivity index (χ4n) is 2.38. The summed E-state index contributed by atoms with van der Waals surface area (Å²) in [7, 11) is 0. The third kappa shape index (κ3) is 4.70. The summed E-state index contributed by atoms with van der Waals surface area (Å²) >= 11 is 11.7. The Kier molecular flexibility index (Phi) is 6.04. The zero-order chi connectivity index (χ0) is 15.2. The van der Waals surface area contributed by atoms with E-state index in [1.54, 1.807) is 18.2 Å². The van der Waals surface area contributed by atoms with Gasteiger partial charge in [0, 0.05) is 11.1 Å². The fourth-order valence-corrected chi connectivity index (χ4v) is 2.70. The van der Waals surface area contributed by atoms with Crippen LogP contribution in [0.3, 0.4) is 0 Å². The molecule has 1 N–H and O–H groups in total. The zero-order valence-electron chi connectivity index (χ0n) is 11.9. The van der Waals surface area contributed by atoms with Gasteiger partial charge >= 0.3 is 0 Å². The number of likely N-dealkylation sites (N-methyl/N-ethyl adjacent to an activating group) is 1. The SMILES string of the molecule is CCNC(Cc1ccc(Cl)cc1)Cc1cccc(Cl)c1F. The van der Waals surface area contributed by atoms with Gasteiger partial charge in [-0.15, -0.1) is 0 Å². The molecule has 0 heterocycles. The Morgan fingerprint density at radius 1 is 1.05 bits per heavy atom. The molecule has 0 spiro atoms. The molecule has 0 aromatic heterocycles. The van der Waals surface area contributed by atoms with Crippen LogP contribution in [-0.2, 0) is 12.8 Å². The van der Waals surface area contributed by atoms with Crippen molar-refractivity contribution < 1.29 is 4.39 Å². The highest BCUT2D eigenvalue weighted by molar-refractivity contribution is 6.31. The molecule has 0 amide bonds. The van der Waals surface area contributed by atoms with E-state index in [0.717, 1.165) is 18.0 Å². The predicted octanol–water partition coefficient (Wildman–Crippen LogP) is 4.90. The van der Waals surface area contributed by atoms with Gasteiger partial charge in [-0.25, -0.2) is 4.39 Å². The lowest BCUT2D eigenvalue weighted by atomic mass is 9.98. The second-order valence-corrected chi connectivity index (χ2v) is 5.85. The maximum absolute atomic E-state index is 14.0. The Hall–Kier alpha value is -1.09. The Morgan fingerprint density at radius 3 is 2.43 bits per heavy atom. The highest BCUT2D eigenvalue weighted by atomic mass is 35.5. The van der Waals surface area contributed by atoms with Crippen LogP contribution in [0.2, 0.25) is 10.0 Å². The van der Waals surface area contributed by atoms with Gasteiger partial charge in [0.2, 0.25) is 0 Å². The van der Waals surface area contributed by atoms with E-state index in [0.29, 0.717) is 12.0 Å². The van der Waals surface area contributed by atoms with Crippen molar-refractivity contribution in [2.45, 2.75) is 25.8 Å². The van der Waals surface area contributed by atoms with E-state index in [-0.39, 0.29) is 16.9 Å². The fraction of sp³-hybridized carbons (Fsp3) is 0.294. The smallest absolute Gasteiger partial charge is 0.145 e. The molecular formula is C17H18Cl2FN. The molecule has 0 radical (unpaired) electrons. The highest BCUT2D eigenvalue weighted by Gasteiger charge is 2.14. The van der Waals surface area contributed by atoms with Crippen molar-refractivity contribution in [1.82, 2.24) is 5.32 Å². The van der Waals surface area contributed by atoms with Crippen LogP contribution < -0.4 is 5.32 Å². The molecule has 112 valence electrons. The molecule has 0 fully saturated rings. The molecule has 0 saturated carbocycles. The summed E-state index contributed by atoms with van der Waals surface area (Å²) in [5.74, 6) is -0.321. The van der Waals surface area contributed by atoms with E-state index in [4.69, 9.17) is 23.2 Å². The molecular weight excluding hydrogens is 308 g/mol. The number of halogens is 3. The van der Waals surface area contributed by atoms with E-state index < -0.39 is 0 Å². The summed E-state index contributed by atoms with van der Waals surface area (Å²) in [6.07, 6.45) is 1.42. The quantitative estimate of drug-likeness (QED) is 0.796. The largest absolute Gasteiger partial charge is 0.314 e. The Balaban J connectivity index is 2.11. The Bertz CT molecular complexity index is 584. The first-order chi connectivity index (χ1) is 10.1. The minimum atomic E-state index is -0.321. The number of nitrogens with one attached hydrogen (secondary N) is 1. The van der Waals surface area contributed by atoms with Crippen LogP contribution in [0.15, 0.2) is 42.5 Å². The van der Waals surface area contributed by atoms with E-state index in [9.17, 15) is 4.39 Å². The van der Waals surface area contributed by atoms with Crippen molar-refractivity contribution in [3.05, 3.63) is 69.5 Å². The van der Waals surface area contributed by atoms with Crippen molar-refractivity contribution in [3.8, 4) is 0 Å². The normalized spacial score (nSPS) is 12.4. The van der Waals surface area contributed by atoms with Crippen LogP contribution in [-0.4, -0.2) is 12.6 Å². The van der Waals surface area contributed by atoms with Crippen LogP contribution in [0.5, 0.6) is 0 Å². The van der Waals surface area contributed by atoms with Gasteiger partial charge in [-0.3, -0.25) is 0 Å². The molecule has 2 aromatic rings. The summed E-state index contributed by atoms with van der Waals surface area (Å²) in [6.45, 7) is 2.88. The maximum atomic E-state index is 14.0. The molecule has 4 heteroatoms. The second-order valence-electron chi connectivity index (χ2n) is 5.00. The van der Waals surface area contributed by atoms with Gasteiger partial charge in [-0.2, -0.15) is 0 Å². The van der Waals surface area contributed by atoms with E-state index in [1.807, 2.05) is 31.2 Å².